The van der Waals surface area contributed by atoms with Gasteiger partial charge in [0.15, 0.2) is 0 Å². The van der Waals surface area contributed by atoms with Crippen LogP contribution >= 0.6 is 15.9 Å². The number of rotatable bonds is 2. The summed E-state index contributed by atoms with van der Waals surface area (Å²) < 4.78 is 26.8. The Bertz CT molecular complexity index is 569. The molecule has 0 N–H and O–H groups in total. The van der Waals surface area contributed by atoms with E-state index in [2.05, 4.69) is 20.9 Å². The van der Waals surface area contributed by atoms with E-state index in [0.29, 0.717) is 10.5 Å². The molecule has 0 aliphatic rings. The lowest BCUT2D eigenvalue weighted by Crippen LogP contribution is -2.06. The van der Waals surface area contributed by atoms with Gasteiger partial charge in [-0.1, -0.05) is 0 Å². The maximum absolute atomic E-state index is 13.4. The monoisotopic (exact) mass is 297 g/mol. The Morgan fingerprint density at radius 2 is 1.94 bits per heavy atom. The van der Waals surface area contributed by atoms with E-state index in [1.807, 2.05) is 0 Å². The third kappa shape index (κ3) is 2.55. The summed E-state index contributed by atoms with van der Waals surface area (Å²) in [4.78, 5) is 15.7. The first kappa shape index (κ1) is 11.9. The van der Waals surface area contributed by atoms with Crippen molar-refractivity contribution in [3.63, 3.8) is 0 Å². The molecule has 0 bridgehead atoms. The number of halogens is 3. The van der Waals surface area contributed by atoms with Crippen molar-refractivity contribution < 1.29 is 13.6 Å². The highest BCUT2D eigenvalue weighted by Crippen LogP contribution is 2.15. The maximum atomic E-state index is 13.4. The van der Waals surface area contributed by atoms with Gasteiger partial charge in [-0.3, -0.25) is 9.78 Å². The first-order chi connectivity index (χ1) is 8.08. The fraction of sp³-hybridized carbons (Fsp3) is 0. The van der Waals surface area contributed by atoms with Gasteiger partial charge in [0.1, 0.15) is 17.3 Å². The summed E-state index contributed by atoms with van der Waals surface area (Å²) in [5, 5.41) is 0. The second-order valence-electron chi connectivity index (χ2n) is 3.31. The molecule has 1 aromatic heterocycles. The van der Waals surface area contributed by atoms with Gasteiger partial charge in [0, 0.05) is 16.7 Å². The summed E-state index contributed by atoms with van der Waals surface area (Å²) in [6.07, 6.45) is 1.44. The minimum absolute atomic E-state index is 0.110. The highest BCUT2D eigenvalue weighted by atomic mass is 79.9. The average molecular weight is 298 g/mol. The van der Waals surface area contributed by atoms with Crippen molar-refractivity contribution in [2.75, 3.05) is 0 Å². The molecule has 0 unspecified atom stereocenters. The van der Waals surface area contributed by atoms with Crippen LogP contribution in [0.4, 0.5) is 8.78 Å². The lowest BCUT2D eigenvalue weighted by Gasteiger charge is -2.02. The standard InChI is InChI=1S/C12H6BrF2NO/c13-7-1-4-11(16-6-7)12(17)9-3-2-8(14)5-10(9)15/h1-6H. The maximum Gasteiger partial charge on any atom is 0.214 e. The molecule has 0 atom stereocenters. The molecule has 17 heavy (non-hydrogen) atoms. The van der Waals surface area contributed by atoms with Gasteiger partial charge in [-0.15, -0.1) is 0 Å². The van der Waals surface area contributed by atoms with E-state index >= 15 is 0 Å². The molecule has 5 heteroatoms. The molecule has 2 aromatic rings. The largest absolute Gasteiger partial charge is 0.287 e. The number of benzene rings is 1. The molecule has 0 radical (unpaired) electrons. The highest BCUT2D eigenvalue weighted by molar-refractivity contribution is 9.10. The van der Waals surface area contributed by atoms with Gasteiger partial charge in [-0.2, -0.15) is 0 Å². The fourth-order valence-corrected chi connectivity index (χ4v) is 1.56. The predicted octanol–water partition coefficient (Wildman–Crippen LogP) is 3.35. The van der Waals surface area contributed by atoms with Crippen molar-refractivity contribution in [2.45, 2.75) is 0 Å². The van der Waals surface area contributed by atoms with Gasteiger partial charge in [-0.25, -0.2) is 8.78 Å². The minimum atomic E-state index is -0.889. The normalized spacial score (nSPS) is 10.3. The van der Waals surface area contributed by atoms with E-state index < -0.39 is 17.4 Å². The zero-order valence-corrected chi connectivity index (χ0v) is 10.0. The van der Waals surface area contributed by atoms with Gasteiger partial charge in [-0.05, 0) is 40.2 Å². The van der Waals surface area contributed by atoms with E-state index in [0.717, 1.165) is 12.1 Å². The smallest absolute Gasteiger partial charge is 0.214 e. The third-order valence-corrected chi connectivity index (χ3v) is 2.60. The third-order valence-electron chi connectivity index (χ3n) is 2.14. The van der Waals surface area contributed by atoms with Crippen molar-refractivity contribution in [3.8, 4) is 0 Å². The van der Waals surface area contributed by atoms with Crippen LogP contribution in [-0.4, -0.2) is 10.8 Å². The molecular formula is C12H6BrF2NO. The molecule has 0 spiro atoms. The van der Waals surface area contributed by atoms with Crippen LogP contribution in [0.25, 0.3) is 0 Å². The summed E-state index contributed by atoms with van der Waals surface area (Å²) in [5.74, 6) is -2.18. The first-order valence-electron chi connectivity index (χ1n) is 4.69. The number of pyridine rings is 1. The Labute approximate surface area is 104 Å². The number of aromatic nitrogens is 1. The van der Waals surface area contributed by atoms with E-state index in [9.17, 15) is 13.6 Å². The SMILES string of the molecule is O=C(c1ccc(Br)cn1)c1ccc(F)cc1F. The summed E-state index contributed by atoms with van der Waals surface area (Å²) in [6, 6.07) is 5.91. The lowest BCUT2D eigenvalue weighted by atomic mass is 10.1. The second kappa shape index (κ2) is 4.71. The molecule has 86 valence electrons. The Balaban J connectivity index is 2.40. The van der Waals surface area contributed by atoms with Gasteiger partial charge in [0.05, 0.1) is 5.56 Å². The van der Waals surface area contributed by atoms with Crippen LogP contribution in [0.2, 0.25) is 0 Å². The van der Waals surface area contributed by atoms with Gasteiger partial charge < -0.3 is 0 Å². The zero-order chi connectivity index (χ0) is 12.4. The van der Waals surface area contributed by atoms with Crippen LogP contribution in [0.5, 0.6) is 0 Å². The van der Waals surface area contributed by atoms with E-state index in [1.54, 1.807) is 6.07 Å². The number of hydrogen-bond donors (Lipinski definition) is 0. The van der Waals surface area contributed by atoms with Gasteiger partial charge >= 0.3 is 0 Å². The molecule has 0 aliphatic heterocycles. The van der Waals surface area contributed by atoms with Crippen LogP contribution in [-0.2, 0) is 0 Å². The summed E-state index contributed by atoms with van der Waals surface area (Å²) in [7, 11) is 0. The quantitative estimate of drug-likeness (QED) is 0.796. The van der Waals surface area contributed by atoms with Gasteiger partial charge in [0.2, 0.25) is 5.78 Å². The molecule has 1 heterocycles. The van der Waals surface area contributed by atoms with Crippen molar-refractivity contribution in [1.29, 1.82) is 0 Å². The molecule has 0 amide bonds. The van der Waals surface area contributed by atoms with Crippen LogP contribution < -0.4 is 0 Å². The number of ketones is 1. The van der Waals surface area contributed by atoms with Crippen LogP contribution in [0.15, 0.2) is 41.0 Å². The van der Waals surface area contributed by atoms with Gasteiger partial charge in [0.25, 0.3) is 0 Å². The van der Waals surface area contributed by atoms with E-state index in [1.165, 1.54) is 12.3 Å². The van der Waals surface area contributed by atoms with E-state index in [4.69, 9.17) is 0 Å². The fourth-order valence-electron chi connectivity index (χ4n) is 1.32. The Kier molecular flexibility index (Phi) is 3.28. The average Bonchev–Trinajstić information content (AvgIpc) is 2.29. The second-order valence-corrected chi connectivity index (χ2v) is 4.23. The van der Waals surface area contributed by atoms with Crippen molar-refractivity contribution in [1.82, 2.24) is 4.98 Å². The molecule has 0 saturated heterocycles. The number of hydrogen-bond acceptors (Lipinski definition) is 2. The van der Waals surface area contributed by atoms with Crippen molar-refractivity contribution in [3.05, 3.63) is 63.9 Å². The number of carbonyl (C=O) groups is 1. The summed E-state index contributed by atoms with van der Waals surface area (Å²) in [6.45, 7) is 0. The molecule has 1 aromatic carbocycles. The topological polar surface area (TPSA) is 30.0 Å². The predicted molar refractivity (Wildman–Crippen MR) is 61.7 cm³/mol. The first-order valence-corrected chi connectivity index (χ1v) is 5.48. The highest BCUT2D eigenvalue weighted by Gasteiger charge is 2.15. The molecule has 0 aliphatic carbocycles. The molecule has 0 saturated carbocycles. The number of nitrogens with zero attached hydrogens (tertiary/aromatic N) is 1. The summed E-state index contributed by atoms with van der Waals surface area (Å²) in [5.41, 5.74) is -0.0834. The van der Waals surface area contributed by atoms with Crippen LogP contribution in [0.1, 0.15) is 16.1 Å². The Morgan fingerprint density at radius 3 is 2.53 bits per heavy atom. The minimum Gasteiger partial charge on any atom is -0.287 e. The molecule has 2 nitrogen and oxygen atoms in total. The zero-order valence-electron chi connectivity index (χ0n) is 8.45. The van der Waals surface area contributed by atoms with Crippen LogP contribution in [0, 0.1) is 11.6 Å². The van der Waals surface area contributed by atoms with E-state index in [-0.39, 0.29) is 11.3 Å². The molecular weight excluding hydrogens is 292 g/mol. The summed E-state index contributed by atoms with van der Waals surface area (Å²) >= 11 is 3.18. The van der Waals surface area contributed by atoms with Crippen molar-refractivity contribution in [2.24, 2.45) is 0 Å². The Hall–Kier alpha value is -1.62. The molecule has 2 rings (SSSR count). The van der Waals surface area contributed by atoms with Crippen LogP contribution in [0.3, 0.4) is 0 Å². The van der Waals surface area contributed by atoms with Crippen molar-refractivity contribution >= 4 is 21.7 Å². The molecule has 0 fully saturated rings. The lowest BCUT2D eigenvalue weighted by molar-refractivity contribution is 0.103. The number of carbonyl (C=O) groups excluding carboxylic acids is 1. The Morgan fingerprint density at radius 1 is 1.18 bits per heavy atom.